The van der Waals surface area contributed by atoms with Gasteiger partial charge in [-0.15, -0.1) is 0 Å². The summed E-state index contributed by atoms with van der Waals surface area (Å²) in [5.74, 6) is 1.41. The molecule has 2 nitrogen and oxygen atoms in total. The Hall–Kier alpha value is -0.890. The molecule has 0 amide bonds. The molecule has 0 spiro atoms. The average Bonchev–Trinajstić information content (AvgIpc) is 2.03. The molecule has 0 aliphatic carbocycles. The third-order valence-corrected chi connectivity index (χ3v) is 1.85. The molecule has 0 saturated carbocycles. The first-order valence-electron chi connectivity index (χ1n) is 3.57. The maximum absolute atomic E-state index is 5.82. The van der Waals surface area contributed by atoms with E-state index in [0.717, 1.165) is 11.3 Å². The minimum absolute atomic E-state index is 0.658. The minimum atomic E-state index is 0.658. The lowest BCUT2D eigenvalue weighted by molar-refractivity contribution is 0.353. The predicted octanol–water partition coefficient (Wildman–Crippen LogP) is 2.67. The highest BCUT2D eigenvalue weighted by molar-refractivity contribution is 6.30. The SMILES string of the molecule is COc1cc(Cl)cc(C)c1OC. The monoisotopic (exact) mass is 186 g/mol. The molecule has 0 N–H and O–H groups in total. The Morgan fingerprint density at radius 2 is 1.83 bits per heavy atom. The first-order chi connectivity index (χ1) is 5.69. The van der Waals surface area contributed by atoms with E-state index in [1.54, 1.807) is 20.3 Å². The molecule has 0 saturated heterocycles. The molecule has 0 radical (unpaired) electrons. The van der Waals surface area contributed by atoms with Gasteiger partial charge in [0.2, 0.25) is 0 Å². The van der Waals surface area contributed by atoms with Gasteiger partial charge in [-0.05, 0) is 18.6 Å². The van der Waals surface area contributed by atoms with Crippen molar-refractivity contribution in [2.45, 2.75) is 6.92 Å². The normalized spacial score (nSPS) is 9.67. The minimum Gasteiger partial charge on any atom is -0.493 e. The van der Waals surface area contributed by atoms with Crippen LogP contribution in [0.2, 0.25) is 5.02 Å². The summed E-state index contributed by atoms with van der Waals surface area (Å²) in [6, 6.07) is 3.57. The van der Waals surface area contributed by atoms with E-state index in [9.17, 15) is 0 Å². The summed E-state index contributed by atoms with van der Waals surface area (Å²) in [4.78, 5) is 0. The standard InChI is InChI=1S/C9H11ClO2/c1-6-4-7(10)5-8(11-2)9(6)12-3/h4-5H,1-3H3. The van der Waals surface area contributed by atoms with Crippen molar-refractivity contribution < 1.29 is 9.47 Å². The van der Waals surface area contributed by atoms with Crippen LogP contribution in [-0.2, 0) is 0 Å². The molecule has 0 aromatic heterocycles. The van der Waals surface area contributed by atoms with E-state index in [-0.39, 0.29) is 0 Å². The second kappa shape index (κ2) is 3.68. The molecule has 1 aromatic rings. The van der Waals surface area contributed by atoms with E-state index in [0.29, 0.717) is 10.8 Å². The van der Waals surface area contributed by atoms with E-state index in [2.05, 4.69) is 0 Å². The van der Waals surface area contributed by atoms with Crippen molar-refractivity contribution in [1.82, 2.24) is 0 Å². The molecule has 66 valence electrons. The van der Waals surface area contributed by atoms with Gasteiger partial charge in [0.25, 0.3) is 0 Å². The first kappa shape index (κ1) is 9.20. The molecule has 1 aromatic carbocycles. The maximum atomic E-state index is 5.82. The second-order valence-corrected chi connectivity index (χ2v) is 2.89. The summed E-state index contributed by atoms with van der Waals surface area (Å²) in [5.41, 5.74) is 0.974. The van der Waals surface area contributed by atoms with Crippen LogP contribution in [0.4, 0.5) is 0 Å². The highest BCUT2D eigenvalue weighted by Gasteiger charge is 2.07. The summed E-state index contributed by atoms with van der Waals surface area (Å²) >= 11 is 5.82. The third-order valence-electron chi connectivity index (χ3n) is 1.63. The zero-order valence-electron chi connectivity index (χ0n) is 7.35. The molecule has 0 atom stereocenters. The van der Waals surface area contributed by atoms with Gasteiger partial charge in [0.05, 0.1) is 14.2 Å². The predicted molar refractivity (Wildman–Crippen MR) is 49.3 cm³/mol. The average molecular weight is 187 g/mol. The number of benzene rings is 1. The molecular weight excluding hydrogens is 176 g/mol. The molecule has 0 aliphatic rings. The molecule has 12 heavy (non-hydrogen) atoms. The molecule has 0 aliphatic heterocycles. The largest absolute Gasteiger partial charge is 0.493 e. The number of hydrogen-bond acceptors (Lipinski definition) is 2. The lowest BCUT2D eigenvalue weighted by Gasteiger charge is -2.10. The van der Waals surface area contributed by atoms with Gasteiger partial charge in [-0.3, -0.25) is 0 Å². The fourth-order valence-corrected chi connectivity index (χ4v) is 1.38. The van der Waals surface area contributed by atoms with E-state index in [4.69, 9.17) is 21.1 Å². The van der Waals surface area contributed by atoms with Gasteiger partial charge in [-0.1, -0.05) is 11.6 Å². The Kier molecular flexibility index (Phi) is 2.82. The number of rotatable bonds is 2. The third kappa shape index (κ3) is 1.64. The van der Waals surface area contributed by atoms with Crippen LogP contribution in [-0.4, -0.2) is 14.2 Å². The number of hydrogen-bond donors (Lipinski definition) is 0. The van der Waals surface area contributed by atoms with Crippen LogP contribution in [0.15, 0.2) is 12.1 Å². The van der Waals surface area contributed by atoms with Crippen LogP contribution < -0.4 is 9.47 Å². The van der Waals surface area contributed by atoms with Gasteiger partial charge in [-0.2, -0.15) is 0 Å². The van der Waals surface area contributed by atoms with Crippen LogP contribution in [0.1, 0.15) is 5.56 Å². The zero-order chi connectivity index (χ0) is 9.14. The van der Waals surface area contributed by atoms with E-state index in [1.165, 1.54) is 0 Å². The molecule has 0 heterocycles. The summed E-state index contributed by atoms with van der Waals surface area (Å²) in [6.45, 7) is 1.92. The molecule has 1 rings (SSSR count). The van der Waals surface area contributed by atoms with Gasteiger partial charge in [0.1, 0.15) is 0 Å². The van der Waals surface area contributed by atoms with E-state index in [1.807, 2.05) is 13.0 Å². The lowest BCUT2D eigenvalue weighted by Crippen LogP contribution is -1.92. The van der Waals surface area contributed by atoms with Gasteiger partial charge >= 0.3 is 0 Å². The quantitative estimate of drug-likeness (QED) is 0.707. The van der Waals surface area contributed by atoms with Crippen molar-refractivity contribution in [3.05, 3.63) is 22.7 Å². The van der Waals surface area contributed by atoms with Crippen LogP contribution in [0.5, 0.6) is 11.5 Å². The van der Waals surface area contributed by atoms with Gasteiger partial charge in [0.15, 0.2) is 11.5 Å². The number of methoxy groups -OCH3 is 2. The summed E-state index contributed by atoms with van der Waals surface area (Å²) < 4.78 is 10.2. The Morgan fingerprint density at radius 1 is 1.17 bits per heavy atom. The highest BCUT2D eigenvalue weighted by Crippen LogP contribution is 2.33. The number of ether oxygens (including phenoxy) is 2. The van der Waals surface area contributed by atoms with Crippen molar-refractivity contribution in [2.75, 3.05) is 14.2 Å². The van der Waals surface area contributed by atoms with Crippen molar-refractivity contribution in [2.24, 2.45) is 0 Å². The maximum Gasteiger partial charge on any atom is 0.163 e. The zero-order valence-corrected chi connectivity index (χ0v) is 8.11. The van der Waals surface area contributed by atoms with E-state index >= 15 is 0 Å². The molecule has 0 bridgehead atoms. The molecule has 3 heteroatoms. The smallest absolute Gasteiger partial charge is 0.163 e. The van der Waals surface area contributed by atoms with E-state index < -0.39 is 0 Å². The topological polar surface area (TPSA) is 18.5 Å². The molecule has 0 fully saturated rings. The Morgan fingerprint density at radius 3 is 2.33 bits per heavy atom. The summed E-state index contributed by atoms with van der Waals surface area (Å²) in [6.07, 6.45) is 0. The summed E-state index contributed by atoms with van der Waals surface area (Å²) in [5, 5.41) is 0.658. The van der Waals surface area contributed by atoms with Crippen LogP contribution in [0, 0.1) is 6.92 Å². The fourth-order valence-electron chi connectivity index (χ4n) is 1.11. The lowest BCUT2D eigenvalue weighted by atomic mass is 10.2. The highest BCUT2D eigenvalue weighted by atomic mass is 35.5. The summed E-state index contributed by atoms with van der Waals surface area (Å²) in [7, 11) is 3.20. The Bertz CT molecular complexity index is 284. The Labute approximate surface area is 77.1 Å². The number of aryl methyl sites for hydroxylation is 1. The molecule has 0 unspecified atom stereocenters. The van der Waals surface area contributed by atoms with Crippen LogP contribution in [0.25, 0.3) is 0 Å². The van der Waals surface area contributed by atoms with Gasteiger partial charge in [0, 0.05) is 11.1 Å². The number of halogens is 1. The molecular formula is C9H11ClO2. The first-order valence-corrected chi connectivity index (χ1v) is 3.95. The van der Waals surface area contributed by atoms with Gasteiger partial charge in [-0.25, -0.2) is 0 Å². The van der Waals surface area contributed by atoms with Crippen molar-refractivity contribution in [3.63, 3.8) is 0 Å². The fraction of sp³-hybridized carbons (Fsp3) is 0.333. The van der Waals surface area contributed by atoms with Crippen LogP contribution >= 0.6 is 11.6 Å². The van der Waals surface area contributed by atoms with Crippen molar-refractivity contribution >= 4 is 11.6 Å². The van der Waals surface area contributed by atoms with Gasteiger partial charge < -0.3 is 9.47 Å². The van der Waals surface area contributed by atoms with Crippen LogP contribution in [0.3, 0.4) is 0 Å². The van der Waals surface area contributed by atoms with Crippen molar-refractivity contribution in [3.8, 4) is 11.5 Å². The Balaban J connectivity index is 3.24. The van der Waals surface area contributed by atoms with Crippen molar-refractivity contribution in [1.29, 1.82) is 0 Å². The second-order valence-electron chi connectivity index (χ2n) is 2.46.